The minimum absolute atomic E-state index is 0.101. The van der Waals surface area contributed by atoms with Crippen molar-refractivity contribution in [2.24, 2.45) is 0 Å². The predicted molar refractivity (Wildman–Crippen MR) is 110 cm³/mol. The molecule has 142 valence electrons. The number of nitrogens with zero attached hydrogens (tertiary/aromatic N) is 4. The molecule has 3 aromatic carbocycles. The Morgan fingerprint density at radius 1 is 0.966 bits per heavy atom. The van der Waals surface area contributed by atoms with Gasteiger partial charge in [0.1, 0.15) is 18.7 Å². The van der Waals surface area contributed by atoms with Gasteiger partial charge in [0.25, 0.3) is 0 Å². The molecule has 0 saturated heterocycles. The van der Waals surface area contributed by atoms with Crippen molar-refractivity contribution in [3.63, 3.8) is 0 Å². The van der Waals surface area contributed by atoms with Crippen molar-refractivity contribution in [2.75, 3.05) is 0 Å². The SMILES string of the molecule is O=C(/C=C/c1cccc(OCc2ccccc2)c1)c1cccc(-n2cnnn2)c1. The van der Waals surface area contributed by atoms with E-state index in [4.69, 9.17) is 4.74 Å². The number of aromatic nitrogens is 4. The van der Waals surface area contributed by atoms with Gasteiger partial charge in [0, 0.05) is 5.56 Å². The van der Waals surface area contributed by atoms with Crippen LogP contribution in [-0.2, 0) is 6.61 Å². The quantitative estimate of drug-likeness (QED) is 0.355. The van der Waals surface area contributed by atoms with Crippen LogP contribution in [0.3, 0.4) is 0 Å². The molecule has 0 saturated carbocycles. The summed E-state index contributed by atoms with van der Waals surface area (Å²) in [5.74, 6) is 0.652. The van der Waals surface area contributed by atoms with Crippen molar-refractivity contribution in [3.05, 3.63) is 108 Å². The number of carbonyl (C=O) groups is 1. The maximum atomic E-state index is 12.6. The van der Waals surface area contributed by atoms with E-state index in [0.717, 1.165) is 22.6 Å². The lowest BCUT2D eigenvalue weighted by Gasteiger charge is -2.07. The number of ether oxygens (including phenoxy) is 1. The fourth-order valence-corrected chi connectivity index (χ4v) is 2.80. The van der Waals surface area contributed by atoms with Crippen LogP contribution in [0.25, 0.3) is 11.8 Å². The summed E-state index contributed by atoms with van der Waals surface area (Å²) < 4.78 is 7.35. The Morgan fingerprint density at radius 2 is 1.83 bits per heavy atom. The Morgan fingerprint density at radius 3 is 2.66 bits per heavy atom. The second-order valence-corrected chi connectivity index (χ2v) is 6.35. The third-order valence-electron chi connectivity index (χ3n) is 4.28. The number of hydrogen-bond donors (Lipinski definition) is 0. The highest BCUT2D eigenvalue weighted by atomic mass is 16.5. The van der Waals surface area contributed by atoms with E-state index in [9.17, 15) is 4.79 Å². The molecule has 4 aromatic rings. The Labute approximate surface area is 168 Å². The van der Waals surface area contributed by atoms with Crippen LogP contribution in [-0.4, -0.2) is 26.0 Å². The first-order chi connectivity index (χ1) is 14.3. The number of carbonyl (C=O) groups excluding carboxylic acids is 1. The van der Waals surface area contributed by atoms with Crippen LogP contribution in [0.15, 0.2) is 91.3 Å². The molecule has 6 heteroatoms. The first-order valence-electron chi connectivity index (χ1n) is 9.10. The number of benzene rings is 3. The summed E-state index contributed by atoms with van der Waals surface area (Å²) in [5, 5.41) is 11.1. The molecule has 0 N–H and O–H groups in total. The minimum atomic E-state index is -0.101. The summed E-state index contributed by atoms with van der Waals surface area (Å²) in [5.41, 5.74) is 3.28. The van der Waals surface area contributed by atoms with E-state index in [-0.39, 0.29) is 5.78 Å². The van der Waals surface area contributed by atoms with Gasteiger partial charge >= 0.3 is 0 Å². The van der Waals surface area contributed by atoms with Crippen LogP contribution in [0.1, 0.15) is 21.5 Å². The summed E-state index contributed by atoms with van der Waals surface area (Å²) in [4.78, 5) is 12.6. The molecule has 0 amide bonds. The van der Waals surface area contributed by atoms with Crippen LogP contribution in [0.5, 0.6) is 5.75 Å². The number of rotatable bonds is 7. The van der Waals surface area contributed by atoms with Crippen LogP contribution in [0.4, 0.5) is 0 Å². The normalized spacial score (nSPS) is 10.9. The largest absolute Gasteiger partial charge is 0.489 e. The zero-order valence-electron chi connectivity index (χ0n) is 15.6. The van der Waals surface area contributed by atoms with Crippen molar-refractivity contribution in [1.82, 2.24) is 20.2 Å². The molecule has 0 bridgehead atoms. The molecule has 0 unspecified atom stereocenters. The zero-order chi connectivity index (χ0) is 19.9. The number of tetrazole rings is 1. The van der Waals surface area contributed by atoms with Crippen molar-refractivity contribution >= 4 is 11.9 Å². The van der Waals surface area contributed by atoms with Crippen molar-refractivity contribution in [1.29, 1.82) is 0 Å². The fraction of sp³-hybridized carbons (Fsp3) is 0.0435. The average Bonchev–Trinajstić information content (AvgIpc) is 3.32. The molecule has 0 spiro atoms. The molecule has 6 nitrogen and oxygen atoms in total. The first kappa shape index (κ1) is 18.3. The van der Waals surface area contributed by atoms with Gasteiger partial charge in [-0.15, -0.1) is 5.10 Å². The van der Waals surface area contributed by atoms with Crippen LogP contribution in [0.2, 0.25) is 0 Å². The predicted octanol–water partition coefficient (Wildman–Crippen LogP) is 4.14. The Bertz CT molecular complexity index is 1120. The maximum absolute atomic E-state index is 12.6. The lowest BCUT2D eigenvalue weighted by molar-refractivity contribution is 0.104. The molecule has 1 heterocycles. The number of hydrogen-bond acceptors (Lipinski definition) is 5. The van der Waals surface area contributed by atoms with E-state index in [2.05, 4.69) is 15.5 Å². The van der Waals surface area contributed by atoms with E-state index in [1.54, 1.807) is 30.4 Å². The van der Waals surface area contributed by atoms with Crippen LogP contribution < -0.4 is 4.74 Å². The van der Waals surface area contributed by atoms with Gasteiger partial charge in [0.05, 0.1) is 5.69 Å². The highest BCUT2D eigenvalue weighted by molar-refractivity contribution is 6.07. The van der Waals surface area contributed by atoms with Crippen molar-refractivity contribution < 1.29 is 9.53 Å². The van der Waals surface area contributed by atoms with E-state index >= 15 is 0 Å². The maximum Gasteiger partial charge on any atom is 0.185 e. The lowest BCUT2D eigenvalue weighted by atomic mass is 10.1. The molecule has 0 atom stereocenters. The molecule has 0 radical (unpaired) electrons. The molecular formula is C23H18N4O2. The van der Waals surface area contributed by atoms with Gasteiger partial charge in [-0.2, -0.15) is 0 Å². The van der Waals surface area contributed by atoms with E-state index in [1.807, 2.05) is 60.7 Å². The Balaban J connectivity index is 1.43. The van der Waals surface area contributed by atoms with E-state index in [1.165, 1.54) is 11.0 Å². The summed E-state index contributed by atoms with van der Waals surface area (Å²) in [6.07, 6.45) is 4.82. The smallest absolute Gasteiger partial charge is 0.185 e. The highest BCUT2D eigenvalue weighted by Gasteiger charge is 2.05. The second kappa shape index (κ2) is 8.75. The van der Waals surface area contributed by atoms with E-state index < -0.39 is 0 Å². The molecule has 0 aliphatic heterocycles. The second-order valence-electron chi connectivity index (χ2n) is 6.35. The van der Waals surface area contributed by atoms with E-state index in [0.29, 0.717) is 12.2 Å². The van der Waals surface area contributed by atoms with Crippen molar-refractivity contribution in [2.45, 2.75) is 6.61 Å². The fourth-order valence-electron chi connectivity index (χ4n) is 2.80. The zero-order valence-corrected chi connectivity index (χ0v) is 15.6. The van der Waals surface area contributed by atoms with Crippen LogP contribution in [0, 0.1) is 0 Å². The molecule has 0 aliphatic rings. The molecule has 29 heavy (non-hydrogen) atoms. The molecule has 0 aliphatic carbocycles. The number of allylic oxidation sites excluding steroid dienone is 1. The van der Waals surface area contributed by atoms with Gasteiger partial charge in [-0.05, 0) is 51.9 Å². The van der Waals surface area contributed by atoms with Crippen LogP contribution >= 0.6 is 0 Å². The van der Waals surface area contributed by atoms with Gasteiger partial charge in [0.2, 0.25) is 0 Å². The average molecular weight is 382 g/mol. The van der Waals surface area contributed by atoms with Gasteiger partial charge < -0.3 is 4.74 Å². The summed E-state index contributed by atoms with van der Waals surface area (Å²) in [6, 6.07) is 24.8. The topological polar surface area (TPSA) is 69.9 Å². The molecular weight excluding hydrogens is 364 g/mol. The molecule has 4 rings (SSSR count). The standard InChI is InChI=1S/C23H18N4O2/c28-23(20-9-5-10-21(15-20)27-17-24-25-26-27)13-12-18-8-4-11-22(14-18)29-16-19-6-2-1-3-7-19/h1-15,17H,16H2/b13-12+. The first-order valence-corrected chi connectivity index (χ1v) is 9.10. The highest BCUT2D eigenvalue weighted by Crippen LogP contribution is 2.17. The Hall–Kier alpha value is -4.06. The molecule has 1 aromatic heterocycles. The van der Waals surface area contributed by atoms with Crippen molar-refractivity contribution in [3.8, 4) is 11.4 Å². The third kappa shape index (κ3) is 4.81. The third-order valence-corrected chi connectivity index (χ3v) is 4.28. The van der Waals surface area contributed by atoms with Gasteiger partial charge in [-0.3, -0.25) is 4.79 Å². The molecule has 0 fully saturated rings. The van der Waals surface area contributed by atoms with Gasteiger partial charge in [-0.1, -0.05) is 60.7 Å². The van der Waals surface area contributed by atoms with Gasteiger partial charge in [-0.25, -0.2) is 4.68 Å². The summed E-state index contributed by atoms with van der Waals surface area (Å²) in [6.45, 7) is 0.497. The Kier molecular flexibility index (Phi) is 5.53. The lowest BCUT2D eigenvalue weighted by Crippen LogP contribution is -1.99. The summed E-state index contributed by atoms with van der Waals surface area (Å²) in [7, 11) is 0. The van der Waals surface area contributed by atoms with Gasteiger partial charge in [0.15, 0.2) is 5.78 Å². The number of ketones is 1. The summed E-state index contributed by atoms with van der Waals surface area (Å²) >= 11 is 0. The monoisotopic (exact) mass is 382 g/mol. The minimum Gasteiger partial charge on any atom is -0.489 e.